The highest BCUT2D eigenvalue weighted by molar-refractivity contribution is 5.72. The van der Waals surface area contributed by atoms with Gasteiger partial charge in [0.1, 0.15) is 11.2 Å². The van der Waals surface area contributed by atoms with Crippen molar-refractivity contribution in [1.82, 2.24) is 29.6 Å². The van der Waals surface area contributed by atoms with E-state index in [4.69, 9.17) is 9.63 Å². The summed E-state index contributed by atoms with van der Waals surface area (Å²) in [5, 5.41) is 17.7. The Kier molecular flexibility index (Phi) is 4.54. The van der Waals surface area contributed by atoms with E-state index in [9.17, 15) is 9.59 Å². The molecule has 0 bridgehead atoms. The number of aryl methyl sites for hydroxylation is 1. The number of H-pyrrole nitrogens is 1. The Morgan fingerprint density at radius 3 is 2.68 bits per heavy atom. The Balaban J connectivity index is 1.50. The van der Waals surface area contributed by atoms with Crippen LogP contribution in [0.15, 0.2) is 45.8 Å². The molecule has 1 amide bonds. The summed E-state index contributed by atoms with van der Waals surface area (Å²) in [4.78, 5) is 32.2. The summed E-state index contributed by atoms with van der Waals surface area (Å²) < 4.78 is 7.13. The van der Waals surface area contributed by atoms with Crippen LogP contribution in [0.4, 0.5) is 4.79 Å². The van der Waals surface area contributed by atoms with Gasteiger partial charge in [0, 0.05) is 30.6 Å². The van der Waals surface area contributed by atoms with Crippen LogP contribution in [0, 0.1) is 6.92 Å². The van der Waals surface area contributed by atoms with Gasteiger partial charge in [-0.25, -0.2) is 9.31 Å². The lowest BCUT2D eigenvalue weighted by Gasteiger charge is -2.30. The van der Waals surface area contributed by atoms with Crippen LogP contribution in [0.5, 0.6) is 0 Å². The molecule has 3 aromatic heterocycles. The van der Waals surface area contributed by atoms with E-state index < -0.39 is 6.09 Å². The fourth-order valence-electron chi connectivity index (χ4n) is 3.98. The van der Waals surface area contributed by atoms with Crippen molar-refractivity contribution in [3.8, 4) is 22.8 Å². The molecule has 0 radical (unpaired) electrons. The molecule has 10 nitrogen and oxygen atoms in total. The normalized spacial score (nSPS) is 14.9. The van der Waals surface area contributed by atoms with Crippen molar-refractivity contribution in [2.45, 2.75) is 25.7 Å². The van der Waals surface area contributed by atoms with Crippen LogP contribution in [0.25, 0.3) is 28.5 Å². The third-order valence-electron chi connectivity index (χ3n) is 5.68. The van der Waals surface area contributed by atoms with Gasteiger partial charge in [0.05, 0.1) is 11.9 Å². The van der Waals surface area contributed by atoms with E-state index in [1.165, 1.54) is 11.0 Å². The summed E-state index contributed by atoms with van der Waals surface area (Å²) in [6, 6.07) is 9.31. The minimum Gasteiger partial charge on any atom is -0.465 e. The zero-order chi connectivity index (χ0) is 21.5. The molecule has 5 rings (SSSR count). The molecule has 0 saturated carbocycles. The molecule has 10 heteroatoms. The van der Waals surface area contributed by atoms with Gasteiger partial charge >= 0.3 is 6.09 Å². The van der Waals surface area contributed by atoms with Gasteiger partial charge in [0.2, 0.25) is 5.82 Å². The number of piperidine rings is 1. The first-order valence-corrected chi connectivity index (χ1v) is 9.99. The van der Waals surface area contributed by atoms with Crippen molar-refractivity contribution in [3.63, 3.8) is 0 Å². The molecule has 1 saturated heterocycles. The number of hydrogen-bond acceptors (Lipinski definition) is 6. The van der Waals surface area contributed by atoms with Crippen molar-refractivity contribution >= 4 is 11.7 Å². The van der Waals surface area contributed by atoms with E-state index in [-0.39, 0.29) is 17.4 Å². The molecule has 0 aliphatic carbocycles. The quantitative estimate of drug-likeness (QED) is 0.521. The Morgan fingerprint density at radius 1 is 1.23 bits per heavy atom. The summed E-state index contributed by atoms with van der Waals surface area (Å²) in [6.07, 6.45) is 1.92. The number of nitrogens with one attached hydrogen (secondary N) is 1. The average molecular weight is 420 g/mol. The second-order valence-corrected chi connectivity index (χ2v) is 7.71. The van der Waals surface area contributed by atoms with Crippen LogP contribution >= 0.6 is 0 Å². The lowest BCUT2D eigenvalue weighted by atomic mass is 9.93. The number of nitrogens with zero attached hydrogens (tertiary/aromatic N) is 5. The molecule has 1 aromatic carbocycles. The second-order valence-electron chi connectivity index (χ2n) is 7.71. The molecule has 4 aromatic rings. The highest BCUT2D eigenvalue weighted by Gasteiger charge is 2.27. The number of rotatable bonds is 3. The highest BCUT2D eigenvalue weighted by Crippen LogP contribution is 2.30. The molecule has 0 atom stereocenters. The Morgan fingerprint density at radius 2 is 1.97 bits per heavy atom. The van der Waals surface area contributed by atoms with Gasteiger partial charge in [0.15, 0.2) is 0 Å². The molecule has 31 heavy (non-hydrogen) atoms. The van der Waals surface area contributed by atoms with Gasteiger partial charge < -0.3 is 19.5 Å². The number of fused-ring (bicyclic) bond motifs is 1. The van der Waals surface area contributed by atoms with E-state index >= 15 is 0 Å². The van der Waals surface area contributed by atoms with Crippen molar-refractivity contribution in [1.29, 1.82) is 0 Å². The minimum absolute atomic E-state index is 0.0268. The lowest BCUT2D eigenvalue weighted by molar-refractivity contribution is 0.131. The fraction of sp³-hybridized carbons (Fsp3) is 0.286. The second kappa shape index (κ2) is 7.38. The Labute approximate surface area is 176 Å². The SMILES string of the molecule is Cc1ccc(-c2noc(-c3cnn4c(C5CCN(C(=O)O)CC5)cc(=O)[nH]c34)n2)cc1. The number of aromatic amines is 1. The van der Waals surface area contributed by atoms with Crippen molar-refractivity contribution in [3.05, 3.63) is 58.1 Å². The van der Waals surface area contributed by atoms with Gasteiger partial charge in [-0.1, -0.05) is 35.0 Å². The first-order chi connectivity index (χ1) is 15.0. The zero-order valence-corrected chi connectivity index (χ0v) is 16.8. The summed E-state index contributed by atoms with van der Waals surface area (Å²) in [5.41, 5.74) is 3.46. The lowest BCUT2D eigenvalue weighted by Crippen LogP contribution is -2.37. The maximum atomic E-state index is 12.4. The molecular formula is C21H20N6O4. The first-order valence-electron chi connectivity index (χ1n) is 9.99. The summed E-state index contributed by atoms with van der Waals surface area (Å²) in [6.45, 7) is 2.85. The number of benzene rings is 1. The van der Waals surface area contributed by atoms with Crippen LogP contribution in [0.3, 0.4) is 0 Å². The molecule has 1 aliphatic heterocycles. The van der Waals surface area contributed by atoms with Gasteiger partial charge in [-0.2, -0.15) is 10.1 Å². The molecule has 1 fully saturated rings. The number of aromatic nitrogens is 5. The smallest absolute Gasteiger partial charge is 0.407 e. The summed E-state index contributed by atoms with van der Waals surface area (Å²) in [5.74, 6) is 0.743. The van der Waals surface area contributed by atoms with Crippen LogP contribution in [0.2, 0.25) is 0 Å². The number of carboxylic acid groups (broad SMARTS) is 1. The molecule has 158 valence electrons. The summed E-state index contributed by atoms with van der Waals surface area (Å²) in [7, 11) is 0. The van der Waals surface area contributed by atoms with Gasteiger partial charge in [-0.3, -0.25) is 4.79 Å². The molecular weight excluding hydrogens is 400 g/mol. The molecule has 4 heterocycles. The van der Waals surface area contributed by atoms with Crippen molar-refractivity contribution < 1.29 is 14.4 Å². The van der Waals surface area contributed by atoms with Crippen LogP contribution in [0.1, 0.15) is 30.0 Å². The van der Waals surface area contributed by atoms with E-state index in [0.29, 0.717) is 43.0 Å². The Bertz CT molecular complexity index is 1310. The molecule has 1 aliphatic rings. The topological polar surface area (TPSA) is 130 Å². The maximum absolute atomic E-state index is 12.4. The number of carbonyl (C=O) groups is 1. The maximum Gasteiger partial charge on any atom is 0.407 e. The van der Waals surface area contributed by atoms with E-state index in [1.54, 1.807) is 10.7 Å². The number of hydrogen-bond donors (Lipinski definition) is 2. The van der Waals surface area contributed by atoms with E-state index in [2.05, 4.69) is 20.2 Å². The standard InChI is InChI=1S/C21H20N6O4/c1-12-2-4-14(5-3-12)18-24-20(31-25-18)15-11-22-27-16(10-17(28)23-19(15)27)13-6-8-26(9-7-13)21(29)30/h2-5,10-11,13H,6-9H2,1H3,(H,23,28)(H,29,30). The van der Waals surface area contributed by atoms with E-state index in [1.807, 2.05) is 31.2 Å². The van der Waals surface area contributed by atoms with Crippen LogP contribution < -0.4 is 5.56 Å². The zero-order valence-electron chi connectivity index (χ0n) is 16.8. The first kappa shape index (κ1) is 19.0. The van der Waals surface area contributed by atoms with Crippen molar-refractivity contribution in [2.24, 2.45) is 0 Å². The highest BCUT2D eigenvalue weighted by atomic mass is 16.5. The van der Waals surface area contributed by atoms with E-state index in [0.717, 1.165) is 16.8 Å². The predicted octanol–water partition coefficient (Wildman–Crippen LogP) is 2.91. The third-order valence-corrected chi connectivity index (χ3v) is 5.68. The van der Waals surface area contributed by atoms with Crippen LogP contribution in [-0.2, 0) is 0 Å². The van der Waals surface area contributed by atoms with Gasteiger partial charge in [0.25, 0.3) is 11.4 Å². The van der Waals surface area contributed by atoms with Crippen LogP contribution in [-0.4, -0.2) is 53.9 Å². The Hall–Kier alpha value is -3.95. The predicted molar refractivity (Wildman–Crippen MR) is 111 cm³/mol. The third kappa shape index (κ3) is 3.45. The van der Waals surface area contributed by atoms with Gasteiger partial charge in [-0.05, 0) is 19.8 Å². The average Bonchev–Trinajstić information content (AvgIpc) is 3.41. The minimum atomic E-state index is -0.920. The fourth-order valence-corrected chi connectivity index (χ4v) is 3.98. The van der Waals surface area contributed by atoms with Gasteiger partial charge in [-0.15, -0.1) is 0 Å². The molecule has 0 spiro atoms. The molecule has 2 N–H and O–H groups in total. The monoisotopic (exact) mass is 420 g/mol. The molecule has 0 unspecified atom stereocenters. The van der Waals surface area contributed by atoms with Crippen molar-refractivity contribution in [2.75, 3.05) is 13.1 Å². The summed E-state index contributed by atoms with van der Waals surface area (Å²) >= 11 is 0. The number of likely N-dealkylation sites (tertiary alicyclic amines) is 1. The largest absolute Gasteiger partial charge is 0.465 e. The number of amides is 1.